The quantitative estimate of drug-likeness (QED) is 0.587. The lowest BCUT2D eigenvalue weighted by molar-refractivity contribution is -0.118. The molecule has 2 atom stereocenters. The van der Waals surface area contributed by atoms with Gasteiger partial charge in [-0.3, -0.25) is 4.79 Å². The summed E-state index contributed by atoms with van der Waals surface area (Å²) < 4.78 is 13.0. The van der Waals surface area contributed by atoms with Gasteiger partial charge in [-0.05, 0) is 13.8 Å². The lowest BCUT2D eigenvalue weighted by atomic mass is 10.0. The van der Waals surface area contributed by atoms with Crippen LogP contribution in [0.5, 0.6) is 0 Å². The minimum Gasteiger partial charge on any atom is -0.304 e. The Labute approximate surface area is 59.8 Å². The Morgan fingerprint density at radius 1 is 1.80 bits per heavy atom. The SMILES string of the molecule is CC(=O)[C@@H]1CC(C)(F)CN1. The van der Waals surface area contributed by atoms with E-state index in [1.807, 2.05) is 0 Å². The first-order valence-corrected chi connectivity index (χ1v) is 3.44. The van der Waals surface area contributed by atoms with Crippen LogP contribution in [0.25, 0.3) is 0 Å². The van der Waals surface area contributed by atoms with Crippen LogP contribution < -0.4 is 5.32 Å². The van der Waals surface area contributed by atoms with Gasteiger partial charge >= 0.3 is 0 Å². The van der Waals surface area contributed by atoms with Crippen molar-refractivity contribution in [2.45, 2.75) is 32.0 Å². The molecule has 0 aromatic rings. The largest absolute Gasteiger partial charge is 0.304 e. The van der Waals surface area contributed by atoms with Crippen molar-refractivity contribution < 1.29 is 9.18 Å². The van der Waals surface area contributed by atoms with E-state index in [1.54, 1.807) is 0 Å². The predicted molar refractivity (Wildman–Crippen MR) is 36.6 cm³/mol. The van der Waals surface area contributed by atoms with Gasteiger partial charge in [-0.1, -0.05) is 0 Å². The standard InChI is InChI=1S/C7H12FNO/c1-5(10)6-3-7(2,8)4-9-6/h6,9H,3-4H2,1-2H3/t6-,7?/m0/s1. The van der Waals surface area contributed by atoms with Crippen molar-refractivity contribution in [1.82, 2.24) is 5.32 Å². The van der Waals surface area contributed by atoms with Gasteiger partial charge in [-0.15, -0.1) is 0 Å². The Bertz CT molecular complexity index is 156. The van der Waals surface area contributed by atoms with E-state index in [1.165, 1.54) is 13.8 Å². The zero-order valence-corrected chi connectivity index (χ0v) is 6.28. The molecule has 0 spiro atoms. The average molecular weight is 145 g/mol. The first-order chi connectivity index (χ1) is 4.51. The average Bonchev–Trinajstić information content (AvgIpc) is 2.10. The Morgan fingerprint density at radius 3 is 2.60 bits per heavy atom. The Kier molecular flexibility index (Phi) is 1.77. The van der Waals surface area contributed by atoms with E-state index in [9.17, 15) is 9.18 Å². The number of rotatable bonds is 1. The summed E-state index contributed by atoms with van der Waals surface area (Å²) in [6, 6.07) is -0.255. The molecule has 0 amide bonds. The zero-order valence-electron chi connectivity index (χ0n) is 6.28. The maximum atomic E-state index is 13.0. The monoisotopic (exact) mass is 145 g/mol. The minimum atomic E-state index is -1.18. The minimum absolute atomic E-state index is 0.0291. The van der Waals surface area contributed by atoms with Crippen molar-refractivity contribution in [3.63, 3.8) is 0 Å². The molecular weight excluding hydrogens is 133 g/mol. The third-order valence-corrected chi connectivity index (χ3v) is 1.84. The summed E-state index contributed by atoms with van der Waals surface area (Å²) in [5.74, 6) is 0.0291. The molecule has 0 aromatic heterocycles. The number of hydrogen-bond acceptors (Lipinski definition) is 2. The van der Waals surface area contributed by atoms with Gasteiger partial charge in [-0.25, -0.2) is 4.39 Å². The zero-order chi connectivity index (χ0) is 7.78. The second kappa shape index (κ2) is 2.31. The summed E-state index contributed by atoms with van der Waals surface area (Å²) in [7, 11) is 0. The smallest absolute Gasteiger partial charge is 0.146 e. The molecule has 1 aliphatic heterocycles. The third-order valence-electron chi connectivity index (χ3n) is 1.84. The Hall–Kier alpha value is -0.440. The van der Waals surface area contributed by atoms with Crippen LogP contribution in [-0.2, 0) is 4.79 Å². The number of ketones is 1. The first-order valence-electron chi connectivity index (χ1n) is 3.44. The van der Waals surface area contributed by atoms with Crippen LogP contribution >= 0.6 is 0 Å². The molecule has 10 heavy (non-hydrogen) atoms. The Balaban J connectivity index is 2.51. The number of carbonyl (C=O) groups is 1. The number of Topliss-reactive ketones (excluding diaryl/α,β-unsaturated/α-hetero) is 1. The second-order valence-corrected chi connectivity index (χ2v) is 3.16. The van der Waals surface area contributed by atoms with E-state index in [2.05, 4.69) is 5.32 Å². The van der Waals surface area contributed by atoms with Gasteiger partial charge in [0.1, 0.15) is 11.5 Å². The molecule has 2 nitrogen and oxygen atoms in total. The highest BCUT2D eigenvalue weighted by Crippen LogP contribution is 2.22. The molecular formula is C7H12FNO. The van der Waals surface area contributed by atoms with Crippen molar-refractivity contribution >= 4 is 5.78 Å². The summed E-state index contributed by atoms with van der Waals surface area (Å²) in [5.41, 5.74) is -1.18. The molecule has 1 fully saturated rings. The van der Waals surface area contributed by atoms with E-state index in [0.717, 1.165) is 0 Å². The van der Waals surface area contributed by atoms with E-state index in [4.69, 9.17) is 0 Å². The third kappa shape index (κ3) is 1.53. The molecule has 0 saturated carbocycles. The lowest BCUT2D eigenvalue weighted by Gasteiger charge is -2.09. The maximum Gasteiger partial charge on any atom is 0.146 e. The van der Waals surface area contributed by atoms with Crippen molar-refractivity contribution in [3.8, 4) is 0 Å². The van der Waals surface area contributed by atoms with E-state index in [-0.39, 0.29) is 11.8 Å². The lowest BCUT2D eigenvalue weighted by Crippen LogP contribution is -2.28. The highest BCUT2D eigenvalue weighted by Gasteiger charge is 2.36. The van der Waals surface area contributed by atoms with Crippen molar-refractivity contribution in [2.75, 3.05) is 6.54 Å². The molecule has 1 N–H and O–H groups in total. The van der Waals surface area contributed by atoms with Crippen LogP contribution in [0, 0.1) is 0 Å². The fourth-order valence-electron chi connectivity index (χ4n) is 1.19. The topological polar surface area (TPSA) is 29.1 Å². The van der Waals surface area contributed by atoms with Crippen LogP contribution in [0.4, 0.5) is 4.39 Å². The fourth-order valence-corrected chi connectivity index (χ4v) is 1.19. The van der Waals surface area contributed by atoms with Crippen LogP contribution in [0.15, 0.2) is 0 Å². The summed E-state index contributed by atoms with van der Waals surface area (Å²) >= 11 is 0. The van der Waals surface area contributed by atoms with Gasteiger partial charge in [0.15, 0.2) is 0 Å². The molecule has 0 radical (unpaired) electrons. The summed E-state index contributed by atoms with van der Waals surface area (Å²) in [4.78, 5) is 10.7. The highest BCUT2D eigenvalue weighted by molar-refractivity contribution is 5.81. The van der Waals surface area contributed by atoms with Crippen LogP contribution in [0.1, 0.15) is 20.3 Å². The molecule has 0 aromatic carbocycles. The molecule has 1 saturated heterocycles. The van der Waals surface area contributed by atoms with Crippen LogP contribution in [0.3, 0.4) is 0 Å². The number of carbonyl (C=O) groups excluding carboxylic acids is 1. The van der Waals surface area contributed by atoms with Crippen LogP contribution in [-0.4, -0.2) is 24.0 Å². The summed E-state index contributed by atoms with van der Waals surface area (Å²) in [6.45, 7) is 3.30. The molecule has 0 aliphatic carbocycles. The van der Waals surface area contributed by atoms with E-state index < -0.39 is 5.67 Å². The number of alkyl halides is 1. The predicted octanol–water partition coefficient (Wildman–Crippen LogP) is 0.665. The molecule has 1 heterocycles. The molecule has 1 unspecified atom stereocenters. The van der Waals surface area contributed by atoms with Gasteiger partial charge in [0.05, 0.1) is 6.04 Å². The van der Waals surface area contributed by atoms with E-state index >= 15 is 0 Å². The van der Waals surface area contributed by atoms with Gasteiger partial charge in [0, 0.05) is 13.0 Å². The molecule has 1 aliphatic rings. The fraction of sp³-hybridized carbons (Fsp3) is 0.857. The van der Waals surface area contributed by atoms with Crippen molar-refractivity contribution in [2.24, 2.45) is 0 Å². The molecule has 0 bridgehead atoms. The normalized spacial score (nSPS) is 40.1. The van der Waals surface area contributed by atoms with Gasteiger partial charge in [0.2, 0.25) is 0 Å². The van der Waals surface area contributed by atoms with E-state index in [0.29, 0.717) is 13.0 Å². The van der Waals surface area contributed by atoms with Crippen molar-refractivity contribution in [1.29, 1.82) is 0 Å². The number of hydrogen-bond donors (Lipinski definition) is 1. The summed E-state index contributed by atoms with van der Waals surface area (Å²) in [5, 5.41) is 2.82. The highest BCUT2D eigenvalue weighted by atomic mass is 19.1. The number of halogens is 1. The van der Waals surface area contributed by atoms with Crippen molar-refractivity contribution in [3.05, 3.63) is 0 Å². The first kappa shape index (κ1) is 7.66. The van der Waals surface area contributed by atoms with Gasteiger partial charge in [-0.2, -0.15) is 0 Å². The second-order valence-electron chi connectivity index (χ2n) is 3.16. The molecule has 58 valence electrons. The van der Waals surface area contributed by atoms with Gasteiger partial charge < -0.3 is 5.32 Å². The summed E-state index contributed by atoms with van der Waals surface area (Å²) in [6.07, 6.45) is 0.322. The molecule has 1 rings (SSSR count). The maximum absolute atomic E-state index is 13.0. The molecule has 3 heteroatoms. The van der Waals surface area contributed by atoms with Gasteiger partial charge in [0.25, 0.3) is 0 Å². The number of nitrogens with one attached hydrogen (secondary N) is 1. The Morgan fingerprint density at radius 2 is 2.40 bits per heavy atom. The van der Waals surface area contributed by atoms with Crippen LogP contribution in [0.2, 0.25) is 0 Å².